The molecule has 9 nitrogen and oxygen atoms in total. The highest BCUT2D eigenvalue weighted by molar-refractivity contribution is 5.84. The van der Waals surface area contributed by atoms with E-state index in [1.54, 1.807) is 38.1 Å². The number of pyridine rings is 1. The number of hydrogen-bond acceptors (Lipinski definition) is 7. The lowest BCUT2D eigenvalue weighted by molar-refractivity contribution is -0.384. The quantitative estimate of drug-likeness (QED) is 0.511. The molecule has 0 fully saturated rings. The second-order valence-corrected chi connectivity index (χ2v) is 5.48. The van der Waals surface area contributed by atoms with Crippen LogP contribution in [0.4, 0.5) is 22.0 Å². The predicted octanol–water partition coefficient (Wildman–Crippen LogP) is 3.09. The highest BCUT2D eigenvalue weighted by atomic mass is 16.6. The second kappa shape index (κ2) is 8.77. The summed E-state index contributed by atoms with van der Waals surface area (Å²) in [6.07, 6.45) is -0.562. The van der Waals surface area contributed by atoms with Gasteiger partial charge < -0.3 is 15.2 Å². The summed E-state index contributed by atoms with van der Waals surface area (Å²) in [5.74, 6) is 0.0953. The summed E-state index contributed by atoms with van der Waals surface area (Å²) < 4.78 is 4.76. The van der Waals surface area contributed by atoms with Gasteiger partial charge in [0.1, 0.15) is 17.7 Å². The van der Waals surface area contributed by atoms with Crippen LogP contribution in [0.1, 0.15) is 25.5 Å². The molecule has 0 aliphatic rings. The monoisotopic (exact) mass is 360 g/mol. The van der Waals surface area contributed by atoms with Crippen molar-refractivity contribution in [2.75, 3.05) is 17.2 Å². The molecule has 0 radical (unpaired) electrons. The summed E-state index contributed by atoms with van der Waals surface area (Å²) in [5.41, 5.74) is 0.528. The SMILES string of the molecule is CCOC(=O)Nc1cc(NC(C)C(O)c2ccccc2)c([N+](=O)[O-])cn1. The van der Waals surface area contributed by atoms with E-state index in [1.807, 2.05) is 6.07 Å². The molecule has 0 aliphatic carbocycles. The predicted molar refractivity (Wildman–Crippen MR) is 96.0 cm³/mol. The number of nitrogens with one attached hydrogen (secondary N) is 2. The van der Waals surface area contributed by atoms with Gasteiger partial charge in [0.2, 0.25) is 0 Å². The minimum Gasteiger partial charge on any atom is -0.450 e. The van der Waals surface area contributed by atoms with Crippen LogP contribution in [0.2, 0.25) is 0 Å². The number of rotatable bonds is 7. The number of aromatic nitrogens is 1. The fourth-order valence-electron chi connectivity index (χ4n) is 2.31. The molecule has 0 spiro atoms. The highest BCUT2D eigenvalue weighted by Crippen LogP contribution is 2.29. The average Bonchev–Trinajstić information content (AvgIpc) is 2.62. The maximum absolute atomic E-state index is 11.5. The zero-order chi connectivity index (χ0) is 19.1. The van der Waals surface area contributed by atoms with Gasteiger partial charge in [-0.3, -0.25) is 15.4 Å². The molecule has 1 amide bonds. The van der Waals surface area contributed by atoms with E-state index in [4.69, 9.17) is 4.74 Å². The third-order valence-electron chi connectivity index (χ3n) is 3.58. The normalized spacial score (nSPS) is 12.7. The molecule has 26 heavy (non-hydrogen) atoms. The van der Waals surface area contributed by atoms with Crippen molar-refractivity contribution < 1.29 is 19.6 Å². The number of hydrogen-bond donors (Lipinski definition) is 3. The summed E-state index contributed by atoms with van der Waals surface area (Å²) in [6.45, 7) is 3.53. The van der Waals surface area contributed by atoms with E-state index in [1.165, 1.54) is 6.07 Å². The van der Waals surface area contributed by atoms with Crippen molar-refractivity contribution in [1.82, 2.24) is 4.98 Å². The largest absolute Gasteiger partial charge is 0.450 e. The van der Waals surface area contributed by atoms with E-state index in [-0.39, 0.29) is 23.8 Å². The lowest BCUT2D eigenvalue weighted by Crippen LogP contribution is -2.24. The summed E-state index contributed by atoms with van der Waals surface area (Å²) >= 11 is 0. The molecule has 9 heteroatoms. The Balaban J connectivity index is 2.22. The third-order valence-corrected chi connectivity index (χ3v) is 3.58. The van der Waals surface area contributed by atoms with Crippen LogP contribution in [-0.4, -0.2) is 33.8 Å². The molecular weight excluding hydrogens is 340 g/mol. The van der Waals surface area contributed by atoms with Crippen molar-refractivity contribution in [2.24, 2.45) is 0 Å². The first-order valence-corrected chi connectivity index (χ1v) is 8.00. The van der Waals surface area contributed by atoms with Crippen LogP contribution in [0.3, 0.4) is 0 Å². The van der Waals surface area contributed by atoms with Crippen molar-refractivity contribution in [2.45, 2.75) is 26.0 Å². The average molecular weight is 360 g/mol. The van der Waals surface area contributed by atoms with Crippen LogP contribution >= 0.6 is 0 Å². The Bertz CT molecular complexity index is 769. The number of aliphatic hydroxyl groups is 1. The molecule has 0 saturated carbocycles. The molecule has 1 heterocycles. The number of benzene rings is 1. The standard InChI is InChI=1S/C17H20N4O5/c1-3-26-17(23)20-15-9-13(14(10-18-15)21(24)25)19-11(2)16(22)12-7-5-4-6-8-12/h4-11,16,22H,3H2,1-2H3,(H2,18,19,20,23). The number of nitro groups is 1. The van der Waals surface area contributed by atoms with Crippen molar-refractivity contribution in [3.8, 4) is 0 Å². The Kier molecular flexibility index (Phi) is 6.45. The smallest absolute Gasteiger partial charge is 0.412 e. The van der Waals surface area contributed by atoms with Crippen LogP contribution in [0.25, 0.3) is 0 Å². The van der Waals surface area contributed by atoms with Gasteiger partial charge in [0, 0.05) is 6.07 Å². The minimum atomic E-state index is -0.884. The van der Waals surface area contributed by atoms with Gasteiger partial charge in [-0.1, -0.05) is 30.3 Å². The molecule has 2 rings (SSSR count). The highest BCUT2D eigenvalue weighted by Gasteiger charge is 2.22. The molecule has 3 N–H and O–H groups in total. The molecule has 1 aromatic carbocycles. The lowest BCUT2D eigenvalue weighted by atomic mass is 10.0. The molecule has 2 aromatic rings. The molecule has 138 valence electrons. The van der Waals surface area contributed by atoms with Gasteiger partial charge in [-0.15, -0.1) is 0 Å². The first-order valence-electron chi connectivity index (χ1n) is 8.00. The maximum atomic E-state index is 11.5. The lowest BCUT2D eigenvalue weighted by Gasteiger charge is -2.21. The van der Waals surface area contributed by atoms with E-state index in [0.29, 0.717) is 5.56 Å². The Hall–Kier alpha value is -3.20. The molecule has 0 saturated heterocycles. The van der Waals surface area contributed by atoms with Crippen LogP contribution in [0.5, 0.6) is 0 Å². The molecule has 2 unspecified atom stereocenters. The van der Waals surface area contributed by atoms with E-state index in [9.17, 15) is 20.0 Å². The Morgan fingerprint density at radius 2 is 2.08 bits per heavy atom. The van der Waals surface area contributed by atoms with Gasteiger partial charge in [-0.05, 0) is 19.4 Å². The van der Waals surface area contributed by atoms with Gasteiger partial charge in [0.25, 0.3) is 0 Å². The molecule has 1 aromatic heterocycles. The summed E-state index contributed by atoms with van der Waals surface area (Å²) in [5, 5.41) is 27.0. The Morgan fingerprint density at radius 1 is 1.38 bits per heavy atom. The van der Waals surface area contributed by atoms with E-state index in [0.717, 1.165) is 6.20 Å². The first-order chi connectivity index (χ1) is 12.4. The van der Waals surface area contributed by atoms with E-state index < -0.39 is 23.2 Å². The number of carbonyl (C=O) groups is 1. The number of amides is 1. The van der Waals surface area contributed by atoms with Crippen molar-refractivity contribution >= 4 is 23.3 Å². The van der Waals surface area contributed by atoms with Gasteiger partial charge in [0.05, 0.1) is 23.7 Å². The number of ether oxygens (including phenoxy) is 1. The van der Waals surface area contributed by atoms with Crippen LogP contribution in [0.15, 0.2) is 42.6 Å². The third kappa shape index (κ3) is 4.90. The van der Waals surface area contributed by atoms with Crippen LogP contribution < -0.4 is 10.6 Å². The topological polar surface area (TPSA) is 127 Å². The zero-order valence-corrected chi connectivity index (χ0v) is 14.4. The molecule has 0 bridgehead atoms. The summed E-state index contributed by atoms with van der Waals surface area (Å²) in [6, 6.07) is 9.73. The van der Waals surface area contributed by atoms with Crippen LogP contribution in [-0.2, 0) is 4.74 Å². The maximum Gasteiger partial charge on any atom is 0.412 e. The Morgan fingerprint density at radius 3 is 2.69 bits per heavy atom. The first kappa shape index (κ1) is 19.1. The van der Waals surface area contributed by atoms with Crippen molar-refractivity contribution in [3.63, 3.8) is 0 Å². The van der Waals surface area contributed by atoms with Crippen molar-refractivity contribution in [3.05, 3.63) is 58.3 Å². The molecular formula is C17H20N4O5. The summed E-state index contributed by atoms with van der Waals surface area (Å²) in [4.78, 5) is 26.0. The fourth-order valence-corrected chi connectivity index (χ4v) is 2.31. The van der Waals surface area contributed by atoms with Gasteiger partial charge in [-0.25, -0.2) is 9.78 Å². The number of anilines is 2. The molecule has 0 aliphatic heterocycles. The Labute approximate surface area is 150 Å². The second-order valence-electron chi connectivity index (χ2n) is 5.48. The van der Waals surface area contributed by atoms with Crippen molar-refractivity contribution in [1.29, 1.82) is 0 Å². The van der Waals surface area contributed by atoms with Gasteiger partial charge in [0.15, 0.2) is 0 Å². The minimum absolute atomic E-state index is 0.0953. The van der Waals surface area contributed by atoms with Crippen LogP contribution in [0, 0.1) is 10.1 Å². The number of aliphatic hydroxyl groups excluding tert-OH is 1. The van der Waals surface area contributed by atoms with Gasteiger partial charge in [-0.2, -0.15) is 0 Å². The number of carbonyl (C=O) groups excluding carboxylic acids is 1. The van der Waals surface area contributed by atoms with Gasteiger partial charge >= 0.3 is 11.8 Å². The van der Waals surface area contributed by atoms with E-state index >= 15 is 0 Å². The molecule has 2 atom stereocenters. The number of nitrogens with zero attached hydrogens (tertiary/aromatic N) is 2. The van der Waals surface area contributed by atoms with E-state index in [2.05, 4.69) is 15.6 Å². The fraction of sp³-hybridized carbons (Fsp3) is 0.294. The zero-order valence-electron chi connectivity index (χ0n) is 14.4. The summed E-state index contributed by atoms with van der Waals surface area (Å²) in [7, 11) is 0.